The van der Waals surface area contributed by atoms with E-state index in [9.17, 15) is 9.18 Å². The van der Waals surface area contributed by atoms with Crippen LogP contribution < -0.4 is 5.32 Å². The number of amides is 1. The predicted molar refractivity (Wildman–Crippen MR) is 78.6 cm³/mol. The van der Waals surface area contributed by atoms with E-state index in [0.717, 1.165) is 23.3 Å². The zero-order valence-corrected chi connectivity index (χ0v) is 12.1. The van der Waals surface area contributed by atoms with E-state index in [2.05, 4.69) is 5.32 Å². The zero-order valence-electron chi connectivity index (χ0n) is 10.6. The van der Waals surface area contributed by atoms with Crippen molar-refractivity contribution in [3.05, 3.63) is 58.8 Å². The summed E-state index contributed by atoms with van der Waals surface area (Å²) in [6, 6.07) is 7.47. The molecule has 0 saturated carbocycles. The number of halogens is 2. The Morgan fingerprint density at radius 3 is 2.95 bits per heavy atom. The highest BCUT2D eigenvalue weighted by atomic mass is 35.5. The SMILES string of the molecule is O=C(NCCSCc1ccco1)c1ccc(F)cc1Cl. The Labute approximate surface area is 125 Å². The molecule has 0 spiro atoms. The fourth-order valence-electron chi connectivity index (χ4n) is 1.57. The van der Waals surface area contributed by atoms with Crippen molar-refractivity contribution in [1.29, 1.82) is 0 Å². The first-order valence-electron chi connectivity index (χ1n) is 6.00. The molecule has 0 saturated heterocycles. The van der Waals surface area contributed by atoms with Gasteiger partial charge < -0.3 is 9.73 Å². The van der Waals surface area contributed by atoms with Gasteiger partial charge >= 0.3 is 0 Å². The molecule has 0 fully saturated rings. The first-order chi connectivity index (χ1) is 9.66. The van der Waals surface area contributed by atoms with E-state index in [-0.39, 0.29) is 16.5 Å². The normalized spacial score (nSPS) is 10.5. The second-order valence-corrected chi connectivity index (χ2v) is 5.52. The topological polar surface area (TPSA) is 42.2 Å². The molecule has 1 aromatic carbocycles. The van der Waals surface area contributed by atoms with Gasteiger partial charge in [-0.25, -0.2) is 4.39 Å². The first kappa shape index (κ1) is 14.9. The summed E-state index contributed by atoms with van der Waals surface area (Å²) in [7, 11) is 0. The molecule has 0 atom stereocenters. The van der Waals surface area contributed by atoms with Gasteiger partial charge in [-0.05, 0) is 30.3 Å². The van der Waals surface area contributed by atoms with E-state index >= 15 is 0 Å². The summed E-state index contributed by atoms with van der Waals surface area (Å²) in [5, 5.41) is 2.86. The van der Waals surface area contributed by atoms with Crippen LogP contribution in [0.2, 0.25) is 5.02 Å². The lowest BCUT2D eigenvalue weighted by molar-refractivity contribution is 0.0956. The molecule has 0 aliphatic carbocycles. The summed E-state index contributed by atoms with van der Waals surface area (Å²) < 4.78 is 18.1. The third kappa shape index (κ3) is 4.28. The average Bonchev–Trinajstić information content (AvgIpc) is 2.91. The van der Waals surface area contributed by atoms with Crippen LogP contribution in [0.4, 0.5) is 4.39 Å². The molecular weight excluding hydrogens is 301 g/mol. The Hall–Kier alpha value is -1.46. The summed E-state index contributed by atoms with van der Waals surface area (Å²) in [6.45, 7) is 0.512. The lowest BCUT2D eigenvalue weighted by Crippen LogP contribution is -2.26. The van der Waals surface area contributed by atoms with E-state index in [0.29, 0.717) is 6.54 Å². The third-order valence-electron chi connectivity index (χ3n) is 2.53. The van der Waals surface area contributed by atoms with Gasteiger partial charge in [-0.3, -0.25) is 4.79 Å². The lowest BCUT2D eigenvalue weighted by Gasteiger charge is -2.06. The number of thioether (sulfide) groups is 1. The number of hydrogen-bond donors (Lipinski definition) is 1. The maximum absolute atomic E-state index is 12.9. The zero-order chi connectivity index (χ0) is 14.4. The summed E-state index contributed by atoms with van der Waals surface area (Å²) >= 11 is 7.47. The van der Waals surface area contributed by atoms with Gasteiger partial charge in [0.15, 0.2) is 0 Å². The van der Waals surface area contributed by atoms with Gasteiger partial charge in [0.05, 0.1) is 22.6 Å². The Morgan fingerprint density at radius 2 is 2.25 bits per heavy atom. The van der Waals surface area contributed by atoms with E-state index < -0.39 is 5.82 Å². The molecule has 2 aromatic rings. The van der Waals surface area contributed by atoms with Crippen molar-refractivity contribution in [1.82, 2.24) is 5.32 Å². The molecule has 1 amide bonds. The van der Waals surface area contributed by atoms with Crippen molar-refractivity contribution < 1.29 is 13.6 Å². The number of rotatable bonds is 6. The van der Waals surface area contributed by atoms with Crippen LogP contribution >= 0.6 is 23.4 Å². The van der Waals surface area contributed by atoms with Crippen LogP contribution in [0, 0.1) is 5.82 Å². The van der Waals surface area contributed by atoms with Crippen LogP contribution in [0.5, 0.6) is 0 Å². The highest BCUT2D eigenvalue weighted by Crippen LogP contribution is 2.17. The second kappa shape index (κ2) is 7.36. The van der Waals surface area contributed by atoms with Crippen molar-refractivity contribution in [2.45, 2.75) is 5.75 Å². The molecule has 0 aliphatic heterocycles. The summed E-state index contributed by atoms with van der Waals surface area (Å²) in [5.74, 6) is 1.67. The van der Waals surface area contributed by atoms with Crippen molar-refractivity contribution >= 4 is 29.3 Å². The van der Waals surface area contributed by atoms with E-state index in [1.165, 1.54) is 12.1 Å². The van der Waals surface area contributed by atoms with Crippen molar-refractivity contribution in [2.75, 3.05) is 12.3 Å². The van der Waals surface area contributed by atoms with Gasteiger partial charge in [0.2, 0.25) is 0 Å². The highest BCUT2D eigenvalue weighted by Gasteiger charge is 2.10. The molecule has 106 valence electrons. The molecule has 0 aliphatic rings. The highest BCUT2D eigenvalue weighted by molar-refractivity contribution is 7.98. The molecule has 6 heteroatoms. The van der Waals surface area contributed by atoms with Crippen LogP contribution in [0.15, 0.2) is 41.0 Å². The quantitative estimate of drug-likeness (QED) is 0.826. The van der Waals surface area contributed by atoms with Crippen molar-refractivity contribution in [3.8, 4) is 0 Å². The minimum absolute atomic E-state index is 0.116. The molecular formula is C14H13ClFNO2S. The molecule has 1 aromatic heterocycles. The number of hydrogen-bond acceptors (Lipinski definition) is 3. The summed E-state index contributed by atoms with van der Waals surface area (Å²) in [4.78, 5) is 11.8. The number of furan rings is 1. The molecule has 0 bridgehead atoms. The van der Waals surface area contributed by atoms with Gasteiger partial charge in [0, 0.05) is 12.3 Å². The van der Waals surface area contributed by atoms with Gasteiger partial charge in [-0.15, -0.1) is 0 Å². The van der Waals surface area contributed by atoms with Gasteiger partial charge in [0.25, 0.3) is 5.91 Å². The Balaban J connectivity index is 1.72. The molecule has 0 unspecified atom stereocenters. The Morgan fingerprint density at radius 1 is 1.40 bits per heavy atom. The molecule has 3 nitrogen and oxygen atoms in total. The maximum Gasteiger partial charge on any atom is 0.252 e. The van der Waals surface area contributed by atoms with Crippen LogP contribution in [0.1, 0.15) is 16.1 Å². The minimum Gasteiger partial charge on any atom is -0.468 e. The number of carbonyl (C=O) groups is 1. The fraction of sp³-hybridized carbons (Fsp3) is 0.214. The van der Waals surface area contributed by atoms with Crippen LogP contribution in [-0.4, -0.2) is 18.2 Å². The summed E-state index contributed by atoms with van der Waals surface area (Å²) in [6.07, 6.45) is 1.63. The Kier molecular flexibility index (Phi) is 5.49. The monoisotopic (exact) mass is 313 g/mol. The molecule has 0 radical (unpaired) electrons. The van der Waals surface area contributed by atoms with Crippen molar-refractivity contribution in [2.24, 2.45) is 0 Å². The van der Waals surface area contributed by atoms with Gasteiger partial charge in [-0.2, -0.15) is 11.8 Å². The number of nitrogens with one attached hydrogen (secondary N) is 1. The number of benzene rings is 1. The van der Waals surface area contributed by atoms with Gasteiger partial charge in [-0.1, -0.05) is 11.6 Å². The fourth-order valence-corrected chi connectivity index (χ4v) is 2.58. The largest absolute Gasteiger partial charge is 0.468 e. The Bertz CT molecular complexity index is 575. The molecule has 1 heterocycles. The standard InChI is InChI=1S/C14H13ClFNO2S/c15-13-8-10(16)3-4-12(13)14(18)17-5-7-20-9-11-2-1-6-19-11/h1-4,6,8H,5,7,9H2,(H,17,18). The molecule has 1 N–H and O–H groups in total. The van der Waals surface area contributed by atoms with Gasteiger partial charge in [0.1, 0.15) is 11.6 Å². The minimum atomic E-state index is -0.458. The summed E-state index contributed by atoms with van der Waals surface area (Å²) in [5.41, 5.74) is 0.282. The smallest absolute Gasteiger partial charge is 0.252 e. The average molecular weight is 314 g/mol. The maximum atomic E-state index is 12.9. The van der Waals surface area contributed by atoms with Crippen molar-refractivity contribution in [3.63, 3.8) is 0 Å². The van der Waals surface area contributed by atoms with Crippen LogP contribution in [0.3, 0.4) is 0 Å². The lowest BCUT2D eigenvalue weighted by atomic mass is 10.2. The van der Waals surface area contributed by atoms with E-state index in [1.54, 1.807) is 18.0 Å². The van der Waals surface area contributed by atoms with Crippen LogP contribution in [-0.2, 0) is 5.75 Å². The first-order valence-corrected chi connectivity index (χ1v) is 7.53. The second-order valence-electron chi connectivity index (χ2n) is 4.01. The number of carbonyl (C=O) groups excluding carboxylic acids is 1. The van der Waals surface area contributed by atoms with E-state index in [1.807, 2.05) is 12.1 Å². The van der Waals surface area contributed by atoms with Crippen LogP contribution in [0.25, 0.3) is 0 Å². The third-order valence-corrected chi connectivity index (χ3v) is 3.83. The molecule has 2 rings (SSSR count). The molecule has 20 heavy (non-hydrogen) atoms. The predicted octanol–water partition coefficient (Wildman–Crippen LogP) is 3.74. The van der Waals surface area contributed by atoms with E-state index in [4.69, 9.17) is 16.0 Å².